The first-order valence-electron chi connectivity index (χ1n) is 4.77. The minimum Gasteiger partial charge on any atom is -0.466 e. The molecule has 1 aliphatic rings. The largest absolute Gasteiger partial charge is 0.466 e. The Morgan fingerprint density at radius 1 is 1.62 bits per heavy atom. The van der Waals surface area contributed by atoms with Gasteiger partial charge in [-0.05, 0) is 19.8 Å². The molecule has 0 bridgehead atoms. The van der Waals surface area contributed by atoms with Gasteiger partial charge in [-0.25, -0.2) is 0 Å². The summed E-state index contributed by atoms with van der Waals surface area (Å²) in [5.74, 6) is -0.728. The van der Waals surface area contributed by atoms with Crippen LogP contribution in [-0.2, 0) is 9.53 Å². The number of rotatable bonds is 2. The molecule has 76 valence electrons. The summed E-state index contributed by atoms with van der Waals surface area (Å²) in [6.45, 7) is 2.12. The predicted octanol–water partition coefficient (Wildman–Crippen LogP) is 0.0378. The number of hydrogen-bond acceptors (Lipinski definition) is 4. The maximum atomic E-state index is 11.3. The van der Waals surface area contributed by atoms with E-state index in [-0.39, 0.29) is 12.0 Å². The molecule has 4 nitrogen and oxygen atoms in total. The number of nitrogens with two attached hydrogens (primary N) is 1. The molecular weight excluding hydrogens is 170 g/mol. The van der Waals surface area contributed by atoms with Gasteiger partial charge in [-0.1, -0.05) is 6.42 Å². The van der Waals surface area contributed by atoms with Gasteiger partial charge in [-0.3, -0.25) is 4.79 Å². The third kappa shape index (κ3) is 2.42. The summed E-state index contributed by atoms with van der Waals surface area (Å²) in [7, 11) is 0. The Hall–Kier alpha value is -0.610. The van der Waals surface area contributed by atoms with Crippen molar-refractivity contribution < 1.29 is 14.6 Å². The molecule has 0 spiro atoms. The van der Waals surface area contributed by atoms with Crippen molar-refractivity contribution in [2.75, 3.05) is 6.61 Å². The van der Waals surface area contributed by atoms with Crippen molar-refractivity contribution in [2.24, 2.45) is 11.7 Å². The molecule has 1 rings (SSSR count). The lowest BCUT2D eigenvalue weighted by molar-refractivity contribution is -0.154. The van der Waals surface area contributed by atoms with E-state index in [0.29, 0.717) is 13.0 Å². The molecule has 0 aromatic rings. The second kappa shape index (κ2) is 4.58. The first kappa shape index (κ1) is 10.5. The van der Waals surface area contributed by atoms with Crippen molar-refractivity contribution >= 4 is 5.97 Å². The molecule has 0 aromatic carbocycles. The topological polar surface area (TPSA) is 72.5 Å². The van der Waals surface area contributed by atoms with E-state index in [0.717, 1.165) is 12.8 Å². The average molecular weight is 187 g/mol. The monoisotopic (exact) mass is 187 g/mol. The van der Waals surface area contributed by atoms with Crippen LogP contribution in [0.3, 0.4) is 0 Å². The van der Waals surface area contributed by atoms with E-state index in [4.69, 9.17) is 10.5 Å². The van der Waals surface area contributed by atoms with Crippen LogP contribution in [0.15, 0.2) is 0 Å². The highest BCUT2D eigenvalue weighted by atomic mass is 16.5. The van der Waals surface area contributed by atoms with Crippen molar-refractivity contribution in [1.29, 1.82) is 0 Å². The van der Waals surface area contributed by atoms with Gasteiger partial charge in [-0.15, -0.1) is 0 Å². The minimum atomic E-state index is -0.729. The Bertz CT molecular complexity index is 184. The maximum absolute atomic E-state index is 11.3. The van der Waals surface area contributed by atoms with E-state index in [1.807, 2.05) is 0 Å². The lowest BCUT2D eigenvalue weighted by Crippen LogP contribution is -2.46. The zero-order chi connectivity index (χ0) is 9.84. The molecule has 1 saturated carbocycles. The molecule has 1 fully saturated rings. The molecule has 3 N–H and O–H groups in total. The molecule has 0 unspecified atom stereocenters. The number of aliphatic hydroxyl groups is 1. The van der Waals surface area contributed by atoms with Gasteiger partial charge in [0, 0.05) is 6.04 Å². The molecular formula is C9H17NO3. The van der Waals surface area contributed by atoms with Gasteiger partial charge in [0.15, 0.2) is 0 Å². The zero-order valence-corrected chi connectivity index (χ0v) is 7.90. The van der Waals surface area contributed by atoms with Gasteiger partial charge in [-0.2, -0.15) is 0 Å². The lowest BCUT2D eigenvalue weighted by Gasteiger charge is -2.30. The van der Waals surface area contributed by atoms with Crippen LogP contribution < -0.4 is 5.73 Å². The smallest absolute Gasteiger partial charge is 0.311 e. The van der Waals surface area contributed by atoms with Gasteiger partial charge < -0.3 is 15.6 Å². The highest BCUT2D eigenvalue weighted by Gasteiger charge is 2.35. The molecule has 0 radical (unpaired) electrons. The van der Waals surface area contributed by atoms with Crippen LogP contribution in [0, 0.1) is 5.92 Å². The number of hydrogen-bond donors (Lipinski definition) is 2. The van der Waals surface area contributed by atoms with Gasteiger partial charge >= 0.3 is 5.97 Å². The Balaban J connectivity index is 2.52. The molecule has 0 aliphatic heterocycles. The second-order valence-corrected chi connectivity index (χ2v) is 3.44. The Morgan fingerprint density at radius 2 is 2.31 bits per heavy atom. The number of aliphatic hydroxyl groups excluding tert-OH is 1. The Labute approximate surface area is 78.1 Å². The molecule has 0 saturated heterocycles. The van der Waals surface area contributed by atoms with E-state index in [9.17, 15) is 9.90 Å². The number of ether oxygens (including phenoxy) is 1. The van der Waals surface area contributed by atoms with E-state index in [1.165, 1.54) is 0 Å². The first-order chi connectivity index (χ1) is 6.16. The standard InChI is InChI=1S/C9H17NO3/c1-2-13-9(12)6-4-3-5-7(10)8(6)11/h6-8,11H,2-5,10H2,1H3/t6-,7-,8+/m1/s1. The summed E-state index contributed by atoms with van der Waals surface area (Å²) in [4.78, 5) is 11.3. The summed E-state index contributed by atoms with van der Waals surface area (Å²) in [5, 5.41) is 9.61. The maximum Gasteiger partial charge on any atom is 0.311 e. The van der Waals surface area contributed by atoms with Crippen LogP contribution in [0.5, 0.6) is 0 Å². The Morgan fingerprint density at radius 3 is 2.92 bits per heavy atom. The van der Waals surface area contributed by atoms with E-state index in [2.05, 4.69) is 0 Å². The van der Waals surface area contributed by atoms with Gasteiger partial charge in [0.2, 0.25) is 0 Å². The first-order valence-corrected chi connectivity index (χ1v) is 4.77. The fourth-order valence-corrected chi connectivity index (χ4v) is 1.72. The third-order valence-electron chi connectivity index (χ3n) is 2.49. The number of esters is 1. The van der Waals surface area contributed by atoms with Gasteiger partial charge in [0.1, 0.15) is 0 Å². The SMILES string of the molecule is CCOC(=O)[C@@H]1CCC[C@@H](N)[C@H]1O. The lowest BCUT2D eigenvalue weighted by atomic mass is 9.83. The van der Waals surface area contributed by atoms with Crippen molar-refractivity contribution in [2.45, 2.75) is 38.3 Å². The fraction of sp³-hybridized carbons (Fsp3) is 0.889. The van der Waals surface area contributed by atoms with Crippen molar-refractivity contribution in [1.82, 2.24) is 0 Å². The average Bonchev–Trinajstić information content (AvgIpc) is 2.10. The highest BCUT2D eigenvalue weighted by Crippen LogP contribution is 2.24. The number of carbonyl (C=O) groups excluding carboxylic acids is 1. The van der Waals surface area contributed by atoms with Crippen molar-refractivity contribution in [3.05, 3.63) is 0 Å². The predicted molar refractivity (Wildman–Crippen MR) is 48.0 cm³/mol. The normalized spacial score (nSPS) is 34.2. The highest BCUT2D eigenvalue weighted by molar-refractivity contribution is 5.73. The van der Waals surface area contributed by atoms with Crippen LogP contribution in [0.1, 0.15) is 26.2 Å². The van der Waals surface area contributed by atoms with Crippen LogP contribution in [-0.4, -0.2) is 29.8 Å². The van der Waals surface area contributed by atoms with Crippen molar-refractivity contribution in [3.63, 3.8) is 0 Å². The molecule has 0 heterocycles. The molecule has 0 aromatic heterocycles. The summed E-state index contributed by atoms with van der Waals surface area (Å²) >= 11 is 0. The molecule has 13 heavy (non-hydrogen) atoms. The van der Waals surface area contributed by atoms with Gasteiger partial charge in [0.25, 0.3) is 0 Å². The quantitative estimate of drug-likeness (QED) is 0.598. The molecule has 4 heteroatoms. The van der Waals surface area contributed by atoms with E-state index in [1.54, 1.807) is 6.92 Å². The fourth-order valence-electron chi connectivity index (χ4n) is 1.72. The van der Waals surface area contributed by atoms with Gasteiger partial charge in [0.05, 0.1) is 18.6 Å². The zero-order valence-electron chi connectivity index (χ0n) is 7.90. The number of carbonyl (C=O) groups is 1. The third-order valence-corrected chi connectivity index (χ3v) is 2.49. The molecule has 1 aliphatic carbocycles. The minimum absolute atomic E-state index is 0.275. The summed E-state index contributed by atoms with van der Waals surface area (Å²) in [6.07, 6.45) is 1.64. The van der Waals surface area contributed by atoms with E-state index < -0.39 is 12.0 Å². The van der Waals surface area contributed by atoms with Crippen LogP contribution >= 0.6 is 0 Å². The van der Waals surface area contributed by atoms with Crippen LogP contribution in [0.2, 0.25) is 0 Å². The molecule has 0 amide bonds. The Kier molecular flexibility index (Phi) is 3.69. The van der Waals surface area contributed by atoms with E-state index >= 15 is 0 Å². The second-order valence-electron chi connectivity index (χ2n) is 3.44. The molecule has 3 atom stereocenters. The summed E-state index contributed by atoms with van der Waals surface area (Å²) in [5.41, 5.74) is 5.64. The van der Waals surface area contributed by atoms with Crippen LogP contribution in [0.4, 0.5) is 0 Å². The summed E-state index contributed by atoms with van der Waals surface area (Å²) in [6, 6.07) is -0.275. The summed E-state index contributed by atoms with van der Waals surface area (Å²) < 4.78 is 4.85. The van der Waals surface area contributed by atoms with Crippen LogP contribution in [0.25, 0.3) is 0 Å². The van der Waals surface area contributed by atoms with Crippen molar-refractivity contribution in [3.8, 4) is 0 Å².